The number of carbonyl (C=O) groups excluding carboxylic acids is 3. The minimum atomic E-state index is -0.788. The van der Waals surface area contributed by atoms with Crippen molar-refractivity contribution in [1.29, 1.82) is 0 Å². The van der Waals surface area contributed by atoms with Gasteiger partial charge in [0.15, 0.2) is 0 Å². The highest BCUT2D eigenvalue weighted by atomic mass is 16.2. The number of nitrogens with zero attached hydrogens (tertiary/aromatic N) is 1. The van der Waals surface area contributed by atoms with Crippen molar-refractivity contribution in [3.05, 3.63) is 18.2 Å². The highest BCUT2D eigenvalue weighted by molar-refractivity contribution is 5.90. The highest BCUT2D eigenvalue weighted by Gasteiger charge is 2.20. The van der Waals surface area contributed by atoms with Gasteiger partial charge in [0.1, 0.15) is 6.04 Å². The topological polar surface area (TPSA) is 142 Å². The number of hydrogen-bond acceptors (Lipinski definition) is 5. The number of aromatic amines is 1. The maximum atomic E-state index is 11.8. The third-order valence-electron chi connectivity index (χ3n) is 2.26. The molecule has 1 rings (SSSR count). The molecule has 104 valence electrons. The zero-order chi connectivity index (χ0) is 14.3. The van der Waals surface area contributed by atoms with Crippen LogP contribution in [0.25, 0.3) is 0 Å². The van der Waals surface area contributed by atoms with Crippen LogP contribution in [-0.2, 0) is 20.8 Å². The second kappa shape index (κ2) is 7.11. The van der Waals surface area contributed by atoms with Crippen molar-refractivity contribution in [1.82, 2.24) is 26.0 Å². The fraction of sp³-hybridized carbons (Fsp3) is 0.400. The first-order chi connectivity index (χ1) is 9.02. The number of nitrogens with two attached hydrogens (primary N) is 1. The standard InChI is InChI=1S/C10H16N6O3/c1-6(17)15-8(2-7-3-12-5-14-7)10(19)13-4-9(18)16-11/h3,5,8H,2,4,11H2,1H3,(H,12,14)(H,13,19)(H,15,17)(H,16,18)/t8-/m0/s1. The third-order valence-corrected chi connectivity index (χ3v) is 2.26. The van der Waals surface area contributed by atoms with Crippen LogP contribution in [0.4, 0.5) is 0 Å². The van der Waals surface area contributed by atoms with E-state index in [1.54, 1.807) is 6.20 Å². The molecule has 0 bridgehead atoms. The first kappa shape index (κ1) is 14.6. The molecular weight excluding hydrogens is 252 g/mol. The second-order valence-corrected chi connectivity index (χ2v) is 3.82. The Hall–Kier alpha value is -2.42. The molecule has 3 amide bonds. The van der Waals surface area contributed by atoms with Gasteiger partial charge in [-0.3, -0.25) is 19.8 Å². The van der Waals surface area contributed by atoms with E-state index in [4.69, 9.17) is 5.84 Å². The maximum Gasteiger partial charge on any atom is 0.253 e. The van der Waals surface area contributed by atoms with Crippen molar-refractivity contribution >= 4 is 17.7 Å². The number of hydrazine groups is 1. The summed E-state index contributed by atoms with van der Waals surface area (Å²) >= 11 is 0. The predicted molar refractivity (Wildman–Crippen MR) is 65.2 cm³/mol. The number of imidazole rings is 1. The molecule has 0 saturated carbocycles. The molecule has 9 heteroatoms. The van der Waals surface area contributed by atoms with E-state index in [-0.39, 0.29) is 18.9 Å². The van der Waals surface area contributed by atoms with Crippen molar-refractivity contribution < 1.29 is 14.4 Å². The van der Waals surface area contributed by atoms with Crippen LogP contribution in [0.15, 0.2) is 12.5 Å². The van der Waals surface area contributed by atoms with Gasteiger partial charge in [-0.05, 0) is 0 Å². The van der Waals surface area contributed by atoms with E-state index in [2.05, 4.69) is 20.6 Å². The summed E-state index contributed by atoms with van der Waals surface area (Å²) in [4.78, 5) is 40.5. The van der Waals surface area contributed by atoms with Crippen LogP contribution in [0.1, 0.15) is 12.6 Å². The Morgan fingerprint density at radius 1 is 1.47 bits per heavy atom. The van der Waals surface area contributed by atoms with E-state index < -0.39 is 17.9 Å². The van der Waals surface area contributed by atoms with E-state index in [0.717, 1.165) is 0 Å². The van der Waals surface area contributed by atoms with E-state index >= 15 is 0 Å². The summed E-state index contributed by atoms with van der Waals surface area (Å²) in [5.74, 6) is 3.54. The van der Waals surface area contributed by atoms with Crippen molar-refractivity contribution in [2.75, 3.05) is 6.54 Å². The average molecular weight is 268 g/mol. The number of carbonyl (C=O) groups is 3. The lowest BCUT2D eigenvalue weighted by atomic mass is 10.1. The van der Waals surface area contributed by atoms with Gasteiger partial charge < -0.3 is 15.6 Å². The molecule has 0 aliphatic rings. The van der Waals surface area contributed by atoms with Crippen molar-refractivity contribution in [2.45, 2.75) is 19.4 Å². The van der Waals surface area contributed by atoms with Gasteiger partial charge in [-0.15, -0.1) is 0 Å². The molecule has 0 aliphatic heterocycles. The summed E-state index contributed by atoms with van der Waals surface area (Å²) in [7, 11) is 0. The Bertz CT molecular complexity index is 444. The van der Waals surface area contributed by atoms with Crippen LogP contribution in [0.3, 0.4) is 0 Å². The average Bonchev–Trinajstić information content (AvgIpc) is 2.87. The molecule has 0 aliphatic carbocycles. The molecule has 0 saturated heterocycles. The van der Waals surface area contributed by atoms with Crippen molar-refractivity contribution in [3.8, 4) is 0 Å². The fourth-order valence-corrected chi connectivity index (χ4v) is 1.41. The Balaban J connectivity index is 2.59. The fourth-order valence-electron chi connectivity index (χ4n) is 1.41. The number of aromatic nitrogens is 2. The Morgan fingerprint density at radius 3 is 2.74 bits per heavy atom. The van der Waals surface area contributed by atoms with Crippen LogP contribution in [-0.4, -0.2) is 40.3 Å². The zero-order valence-corrected chi connectivity index (χ0v) is 10.4. The van der Waals surface area contributed by atoms with Crippen LogP contribution in [0, 0.1) is 0 Å². The molecule has 6 N–H and O–H groups in total. The quantitative estimate of drug-likeness (QED) is 0.221. The number of hydrogen-bond donors (Lipinski definition) is 5. The summed E-state index contributed by atoms with van der Waals surface area (Å²) in [5.41, 5.74) is 2.58. The lowest BCUT2D eigenvalue weighted by molar-refractivity contribution is -0.129. The molecule has 1 aromatic heterocycles. The van der Waals surface area contributed by atoms with Gasteiger partial charge in [0.05, 0.1) is 12.9 Å². The molecule has 0 aromatic carbocycles. The molecule has 0 spiro atoms. The maximum absolute atomic E-state index is 11.8. The molecule has 1 aromatic rings. The number of H-pyrrole nitrogens is 1. The van der Waals surface area contributed by atoms with Crippen LogP contribution < -0.4 is 21.9 Å². The van der Waals surface area contributed by atoms with Gasteiger partial charge in [-0.25, -0.2) is 10.8 Å². The molecule has 19 heavy (non-hydrogen) atoms. The molecule has 0 unspecified atom stereocenters. The third kappa shape index (κ3) is 5.17. The van der Waals surface area contributed by atoms with Crippen LogP contribution in [0.2, 0.25) is 0 Å². The Morgan fingerprint density at radius 2 is 2.21 bits per heavy atom. The number of nitrogens with one attached hydrogen (secondary N) is 4. The normalized spacial score (nSPS) is 11.5. The van der Waals surface area contributed by atoms with Gasteiger partial charge in [0.25, 0.3) is 5.91 Å². The van der Waals surface area contributed by atoms with E-state index in [9.17, 15) is 14.4 Å². The van der Waals surface area contributed by atoms with Gasteiger partial charge in [-0.2, -0.15) is 0 Å². The zero-order valence-electron chi connectivity index (χ0n) is 10.4. The van der Waals surface area contributed by atoms with E-state index in [0.29, 0.717) is 5.69 Å². The van der Waals surface area contributed by atoms with Gasteiger partial charge in [0, 0.05) is 25.2 Å². The first-order valence-electron chi connectivity index (χ1n) is 5.54. The largest absolute Gasteiger partial charge is 0.348 e. The van der Waals surface area contributed by atoms with E-state index in [1.165, 1.54) is 13.3 Å². The minimum absolute atomic E-state index is 0.246. The monoisotopic (exact) mass is 268 g/mol. The number of amides is 3. The van der Waals surface area contributed by atoms with Crippen LogP contribution >= 0.6 is 0 Å². The molecule has 0 fully saturated rings. The van der Waals surface area contributed by atoms with Crippen molar-refractivity contribution in [3.63, 3.8) is 0 Å². The summed E-state index contributed by atoms with van der Waals surface area (Å²) < 4.78 is 0. The highest BCUT2D eigenvalue weighted by Crippen LogP contribution is 1.98. The van der Waals surface area contributed by atoms with Crippen molar-refractivity contribution in [2.24, 2.45) is 5.84 Å². The predicted octanol–water partition coefficient (Wildman–Crippen LogP) is -2.44. The van der Waals surface area contributed by atoms with E-state index in [1.807, 2.05) is 5.43 Å². The van der Waals surface area contributed by atoms with Crippen LogP contribution in [0.5, 0.6) is 0 Å². The van der Waals surface area contributed by atoms with Gasteiger partial charge in [0.2, 0.25) is 11.8 Å². The lowest BCUT2D eigenvalue weighted by Crippen LogP contribution is -2.50. The Labute approximate surface area is 109 Å². The summed E-state index contributed by atoms with van der Waals surface area (Å²) in [6.45, 7) is 1.05. The minimum Gasteiger partial charge on any atom is -0.348 e. The lowest BCUT2D eigenvalue weighted by Gasteiger charge is -2.16. The summed E-state index contributed by atoms with van der Waals surface area (Å²) in [6, 6.07) is -0.788. The molecule has 9 nitrogen and oxygen atoms in total. The smallest absolute Gasteiger partial charge is 0.253 e. The van der Waals surface area contributed by atoms with Gasteiger partial charge in [-0.1, -0.05) is 0 Å². The molecule has 1 heterocycles. The van der Waals surface area contributed by atoms with Gasteiger partial charge >= 0.3 is 0 Å². The molecule has 1 atom stereocenters. The second-order valence-electron chi connectivity index (χ2n) is 3.82. The number of rotatable bonds is 6. The summed E-state index contributed by atoms with van der Waals surface area (Å²) in [6.07, 6.45) is 3.27. The summed E-state index contributed by atoms with van der Waals surface area (Å²) in [5, 5.41) is 4.87. The SMILES string of the molecule is CC(=O)N[C@@H](Cc1cnc[nH]1)C(=O)NCC(=O)NN. The molecule has 0 radical (unpaired) electrons. The molecular formula is C10H16N6O3. The Kier molecular flexibility index (Phi) is 5.48. The first-order valence-corrected chi connectivity index (χ1v) is 5.54.